The van der Waals surface area contributed by atoms with Gasteiger partial charge in [0.15, 0.2) is 0 Å². The van der Waals surface area contributed by atoms with Gasteiger partial charge in [-0.05, 0) is 0 Å². The summed E-state index contributed by atoms with van der Waals surface area (Å²) < 4.78 is 2.24. The average molecular weight is 253 g/mol. The number of hydrogen-bond acceptors (Lipinski definition) is 0. The van der Waals surface area contributed by atoms with Crippen LogP contribution in [0.3, 0.4) is 0 Å². The SMILES string of the molecule is CC1=C(C)C(C)C([CH]=[Ti+2])=C1C.[Cl-].[Cl-]. The van der Waals surface area contributed by atoms with Crippen molar-refractivity contribution in [2.45, 2.75) is 27.7 Å². The molecule has 0 heterocycles. The number of allylic oxidation sites excluding steroid dienone is 4. The van der Waals surface area contributed by atoms with E-state index in [0.29, 0.717) is 5.92 Å². The van der Waals surface area contributed by atoms with Crippen LogP contribution in [0.25, 0.3) is 0 Å². The van der Waals surface area contributed by atoms with E-state index in [2.05, 4.69) is 52.0 Å². The van der Waals surface area contributed by atoms with E-state index in [1.807, 2.05) is 0 Å². The summed E-state index contributed by atoms with van der Waals surface area (Å²) in [6.07, 6.45) is 0. The van der Waals surface area contributed by atoms with Crippen LogP contribution in [0.2, 0.25) is 0 Å². The van der Waals surface area contributed by atoms with Crippen LogP contribution in [0, 0.1) is 5.92 Å². The van der Waals surface area contributed by atoms with E-state index in [4.69, 9.17) is 0 Å². The molecule has 0 saturated heterocycles. The molecule has 0 aromatic rings. The van der Waals surface area contributed by atoms with Crippen molar-refractivity contribution in [3.8, 4) is 0 Å². The van der Waals surface area contributed by atoms with Gasteiger partial charge >= 0.3 is 80.2 Å². The van der Waals surface area contributed by atoms with Crippen molar-refractivity contribution in [1.82, 2.24) is 0 Å². The van der Waals surface area contributed by atoms with Gasteiger partial charge < -0.3 is 24.8 Å². The van der Waals surface area contributed by atoms with Crippen molar-refractivity contribution in [2.24, 2.45) is 5.92 Å². The standard InChI is InChI=1S/C10H14.2ClH.Ti/c1-6-7(2)9(4)10(5)8(6)3;;;/h1,7H,2-5H3;2*1H;/q;;;+2/p-2. The largest absolute Gasteiger partial charge is 1.00 e. The molecule has 0 bridgehead atoms. The molecular weight excluding hydrogens is 239 g/mol. The zero-order valence-electron chi connectivity index (χ0n) is 8.41. The summed E-state index contributed by atoms with van der Waals surface area (Å²) in [5.41, 5.74) is 6.03. The summed E-state index contributed by atoms with van der Waals surface area (Å²) in [6.45, 7) is 8.96. The fourth-order valence-corrected chi connectivity index (χ4v) is 2.36. The van der Waals surface area contributed by atoms with E-state index < -0.39 is 0 Å². The van der Waals surface area contributed by atoms with Gasteiger partial charge in [0.05, 0.1) is 0 Å². The molecule has 0 spiro atoms. The Kier molecular flexibility index (Phi) is 7.66. The molecule has 0 aromatic carbocycles. The Balaban J connectivity index is 0. The molecule has 1 atom stereocenters. The van der Waals surface area contributed by atoms with Crippen LogP contribution in [0.5, 0.6) is 0 Å². The minimum atomic E-state index is 0. The maximum Gasteiger partial charge on any atom is -1.00 e. The van der Waals surface area contributed by atoms with Gasteiger partial charge in [-0.2, -0.15) is 0 Å². The van der Waals surface area contributed by atoms with Crippen molar-refractivity contribution in [3.63, 3.8) is 0 Å². The molecule has 0 radical (unpaired) electrons. The number of rotatable bonds is 1. The van der Waals surface area contributed by atoms with E-state index >= 15 is 0 Å². The van der Waals surface area contributed by atoms with Gasteiger partial charge in [-0.15, -0.1) is 0 Å². The maximum atomic E-state index is 2.28. The molecule has 72 valence electrons. The molecule has 3 heteroatoms. The predicted molar refractivity (Wildman–Crippen MR) is 46.3 cm³/mol. The second kappa shape index (κ2) is 6.19. The van der Waals surface area contributed by atoms with Crippen LogP contribution >= 0.6 is 0 Å². The minimum absolute atomic E-state index is 0. The zero-order chi connectivity index (χ0) is 8.59. The third kappa shape index (κ3) is 2.79. The summed E-state index contributed by atoms with van der Waals surface area (Å²) in [7, 11) is 0. The molecule has 0 nitrogen and oxygen atoms in total. The van der Waals surface area contributed by atoms with Crippen LogP contribution < -0.4 is 24.8 Å². The minimum Gasteiger partial charge on any atom is -1.00 e. The van der Waals surface area contributed by atoms with Crippen molar-refractivity contribution < 1.29 is 44.8 Å². The van der Waals surface area contributed by atoms with Gasteiger partial charge in [-0.3, -0.25) is 0 Å². The van der Waals surface area contributed by atoms with Crippen molar-refractivity contribution >= 4 is 4.31 Å². The normalized spacial score (nSPS) is 21.2. The molecule has 1 unspecified atom stereocenters. The van der Waals surface area contributed by atoms with Crippen molar-refractivity contribution in [1.29, 1.82) is 0 Å². The monoisotopic (exact) mass is 252 g/mol. The quantitative estimate of drug-likeness (QED) is 0.428. The predicted octanol–water partition coefficient (Wildman–Crippen LogP) is -3.35. The van der Waals surface area contributed by atoms with Crippen LogP contribution in [0.4, 0.5) is 0 Å². The Hall–Kier alpha value is 0.644. The van der Waals surface area contributed by atoms with Gasteiger partial charge in [-0.1, -0.05) is 0 Å². The first kappa shape index (κ1) is 16.1. The third-order valence-corrected chi connectivity index (χ3v) is 3.34. The summed E-state index contributed by atoms with van der Waals surface area (Å²) >= 11 is 2.13. The van der Waals surface area contributed by atoms with Gasteiger partial charge in [0.2, 0.25) is 0 Å². The average Bonchev–Trinajstić information content (AvgIpc) is 2.17. The number of halogens is 2. The summed E-state index contributed by atoms with van der Waals surface area (Å²) in [4.78, 5) is 0. The Labute approximate surface area is 105 Å². The Bertz CT molecular complexity index is 264. The van der Waals surface area contributed by atoms with Crippen LogP contribution in [0.15, 0.2) is 22.3 Å². The van der Waals surface area contributed by atoms with Gasteiger partial charge in [-0.25, -0.2) is 0 Å². The van der Waals surface area contributed by atoms with Gasteiger partial charge in [0.25, 0.3) is 0 Å². The molecule has 1 aliphatic rings. The van der Waals surface area contributed by atoms with E-state index in [1.165, 1.54) is 22.3 Å². The number of hydrogen-bond donors (Lipinski definition) is 0. The zero-order valence-corrected chi connectivity index (χ0v) is 11.5. The smallest absolute Gasteiger partial charge is 1.00 e. The second-order valence-corrected chi connectivity index (χ2v) is 3.71. The third-order valence-electron chi connectivity index (χ3n) is 2.86. The van der Waals surface area contributed by atoms with Gasteiger partial charge in [0.1, 0.15) is 0 Å². The van der Waals surface area contributed by atoms with E-state index in [0.717, 1.165) is 0 Å². The van der Waals surface area contributed by atoms with Crippen LogP contribution in [-0.4, -0.2) is 4.31 Å². The molecule has 1 rings (SSSR count). The Morgan fingerprint density at radius 2 is 1.54 bits per heavy atom. The van der Waals surface area contributed by atoms with Crippen molar-refractivity contribution in [3.05, 3.63) is 22.3 Å². The first-order valence-corrected chi connectivity index (χ1v) is 4.88. The van der Waals surface area contributed by atoms with Gasteiger partial charge in [0, 0.05) is 0 Å². The topological polar surface area (TPSA) is 0 Å². The van der Waals surface area contributed by atoms with E-state index in [9.17, 15) is 0 Å². The van der Waals surface area contributed by atoms with E-state index in [-0.39, 0.29) is 24.8 Å². The maximum absolute atomic E-state index is 2.28. The molecule has 0 fully saturated rings. The molecule has 0 amide bonds. The Morgan fingerprint density at radius 3 is 1.69 bits per heavy atom. The molecule has 0 N–H and O–H groups in total. The molecular formula is C10H14Cl2Ti. The van der Waals surface area contributed by atoms with Crippen molar-refractivity contribution in [2.75, 3.05) is 0 Å². The molecule has 0 aromatic heterocycles. The molecule has 1 aliphatic carbocycles. The Morgan fingerprint density at radius 1 is 1.08 bits per heavy atom. The second-order valence-electron chi connectivity index (χ2n) is 3.25. The molecule has 13 heavy (non-hydrogen) atoms. The summed E-state index contributed by atoms with van der Waals surface area (Å²) in [5, 5.41) is 0. The fraction of sp³-hybridized carbons (Fsp3) is 0.500. The van der Waals surface area contributed by atoms with Crippen LogP contribution in [0.1, 0.15) is 27.7 Å². The fourth-order valence-electron chi connectivity index (χ4n) is 1.63. The van der Waals surface area contributed by atoms with E-state index in [1.54, 1.807) is 0 Å². The summed E-state index contributed by atoms with van der Waals surface area (Å²) in [6, 6.07) is 0. The first-order chi connectivity index (χ1) is 5.09. The first-order valence-electron chi connectivity index (χ1n) is 3.98. The molecule has 0 saturated carbocycles. The molecule has 0 aliphatic heterocycles. The van der Waals surface area contributed by atoms with Crippen LogP contribution in [-0.2, 0) is 20.0 Å². The summed E-state index contributed by atoms with van der Waals surface area (Å²) in [5.74, 6) is 0.653.